The van der Waals surface area contributed by atoms with Crippen molar-refractivity contribution in [2.45, 2.75) is 72.1 Å². The quantitative estimate of drug-likeness (QED) is 0.120. The SMILES string of the molecule is CCCCNc1cc2sc(-c3ncc(-c4ccc(-c5ccc(CCC(CC)CCCC)cc5F)cc4)c4nsnc34)cc2s1. The molecule has 0 aliphatic carbocycles. The number of benzene rings is 2. The van der Waals surface area contributed by atoms with Gasteiger partial charge in [-0.05, 0) is 60.1 Å². The minimum absolute atomic E-state index is 0.159. The lowest BCUT2D eigenvalue weighted by atomic mass is 9.91. The number of rotatable bonds is 14. The number of unbranched alkanes of at least 4 members (excludes halogenated alkanes) is 2. The van der Waals surface area contributed by atoms with Crippen molar-refractivity contribution in [1.29, 1.82) is 0 Å². The van der Waals surface area contributed by atoms with Crippen LogP contribution >= 0.6 is 34.4 Å². The van der Waals surface area contributed by atoms with Gasteiger partial charge < -0.3 is 5.32 Å². The van der Waals surface area contributed by atoms with E-state index in [0.717, 1.165) is 69.2 Å². The fourth-order valence-corrected chi connectivity index (χ4v) is 8.67. The van der Waals surface area contributed by atoms with Gasteiger partial charge in [-0.25, -0.2) is 4.39 Å². The molecule has 4 aromatic heterocycles. The molecule has 4 heterocycles. The molecule has 0 saturated carbocycles. The Kier molecular flexibility index (Phi) is 9.99. The van der Waals surface area contributed by atoms with Gasteiger partial charge in [-0.3, -0.25) is 4.98 Å². The minimum Gasteiger partial charge on any atom is -0.377 e. The molecule has 0 radical (unpaired) electrons. The largest absolute Gasteiger partial charge is 0.377 e. The zero-order chi connectivity index (χ0) is 30.5. The lowest BCUT2D eigenvalue weighted by molar-refractivity contribution is 0.421. The van der Waals surface area contributed by atoms with Crippen LogP contribution in [0.3, 0.4) is 0 Å². The molecule has 0 spiro atoms. The molecule has 0 aliphatic heterocycles. The lowest BCUT2D eigenvalue weighted by Crippen LogP contribution is -2.01. The third-order valence-corrected chi connectivity index (χ3v) is 11.3. The molecule has 0 fully saturated rings. The number of nitrogens with zero attached hydrogens (tertiary/aromatic N) is 3. The molecule has 1 atom stereocenters. The Balaban J connectivity index is 1.19. The van der Waals surface area contributed by atoms with E-state index in [2.05, 4.69) is 53.0 Å². The van der Waals surface area contributed by atoms with Crippen molar-refractivity contribution in [2.24, 2.45) is 5.92 Å². The van der Waals surface area contributed by atoms with Gasteiger partial charge in [0.1, 0.15) is 22.5 Å². The van der Waals surface area contributed by atoms with Crippen LogP contribution < -0.4 is 5.32 Å². The second kappa shape index (κ2) is 14.3. The van der Waals surface area contributed by atoms with Crippen molar-refractivity contribution in [2.75, 3.05) is 11.9 Å². The Hall–Kier alpha value is -3.20. The normalized spacial score (nSPS) is 12.4. The molecular formula is C36H39FN4S3. The van der Waals surface area contributed by atoms with Crippen LogP contribution in [0.5, 0.6) is 0 Å². The van der Waals surface area contributed by atoms with Gasteiger partial charge >= 0.3 is 0 Å². The maximum atomic E-state index is 15.3. The van der Waals surface area contributed by atoms with Crippen molar-refractivity contribution in [3.63, 3.8) is 0 Å². The van der Waals surface area contributed by atoms with Crippen LogP contribution in [0.25, 0.3) is 53.3 Å². The van der Waals surface area contributed by atoms with Crippen LogP contribution in [0.2, 0.25) is 0 Å². The van der Waals surface area contributed by atoms with Gasteiger partial charge in [0.2, 0.25) is 0 Å². The van der Waals surface area contributed by atoms with E-state index in [0.29, 0.717) is 5.56 Å². The van der Waals surface area contributed by atoms with Gasteiger partial charge in [-0.1, -0.05) is 89.3 Å². The molecule has 0 aliphatic rings. The number of hydrogen-bond donors (Lipinski definition) is 1. The number of hydrogen-bond acceptors (Lipinski definition) is 7. The van der Waals surface area contributed by atoms with Gasteiger partial charge in [0, 0.05) is 33.3 Å². The van der Waals surface area contributed by atoms with E-state index in [1.54, 1.807) is 28.7 Å². The number of aryl methyl sites for hydroxylation is 1. The molecule has 1 unspecified atom stereocenters. The summed E-state index contributed by atoms with van der Waals surface area (Å²) in [6.07, 6.45) is 11.3. The molecule has 4 nitrogen and oxygen atoms in total. The summed E-state index contributed by atoms with van der Waals surface area (Å²) < 4.78 is 27.1. The molecular weight excluding hydrogens is 604 g/mol. The topological polar surface area (TPSA) is 50.7 Å². The van der Waals surface area contributed by atoms with Crippen molar-refractivity contribution in [3.05, 3.63) is 72.2 Å². The maximum Gasteiger partial charge on any atom is 0.132 e. The molecule has 2 aromatic carbocycles. The first-order valence-corrected chi connectivity index (χ1v) is 18.2. The number of pyridine rings is 1. The number of fused-ring (bicyclic) bond motifs is 2. The van der Waals surface area contributed by atoms with Crippen LogP contribution in [0.15, 0.2) is 60.8 Å². The fraction of sp³-hybridized carbons (Fsp3) is 0.361. The highest BCUT2D eigenvalue weighted by Crippen LogP contribution is 2.42. The van der Waals surface area contributed by atoms with E-state index < -0.39 is 0 Å². The van der Waals surface area contributed by atoms with E-state index in [1.165, 1.54) is 64.7 Å². The monoisotopic (exact) mass is 642 g/mol. The number of halogens is 1. The summed E-state index contributed by atoms with van der Waals surface area (Å²) in [5.41, 5.74) is 7.07. The zero-order valence-corrected chi connectivity index (χ0v) is 28.1. The highest BCUT2D eigenvalue weighted by Gasteiger charge is 2.18. The van der Waals surface area contributed by atoms with Crippen LogP contribution in [0.4, 0.5) is 9.39 Å². The average molecular weight is 643 g/mol. The van der Waals surface area contributed by atoms with Gasteiger partial charge in [-0.15, -0.1) is 22.7 Å². The van der Waals surface area contributed by atoms with Crippen LogP contribution in [0, 0.1) is 11.7 Å². The number of thiophene rings is 2. The van der Waals surface area contributed by atoms with Crippen LogP contribution in [0.1, 0.15) is 71.3 Å². The second-order valence-electron chi connectivity index (χ2n) is 11.6. The van der Waals surface area contributed by atoms with E-state index in [9.17, 15) is 0 Å². The van der Waals surface area contributed by atoms with Crippen molar-refractivity contribution in [1.82, 2.24) is 13.7 Å². The zero-order valence-electron chi connectivity index (χ0n) is 25.7. The van der Waals surface area contributed by atoms with Crippen LogP contribution in [-0.4, -0.2) is 20.3 Å². The smallest absolute Gasteiger partial charge is 0.132 e. The molecule has 0 bridgehead atoms. The number of aromatic nitrogens is 3. The summed E-state index contributed by atoms with van der Waals surface area (Å²) in [7, 11) is 0. The summed E-state index contributed by atoms with van der Waals surface area (Å²) in [6.45, 7) is 7.72. The molecule has 8 heteroatoms. The Labute approximate surface area is 271 Å². The lowest BCUT2D eigenvalue weighted by Gasteiger charge is -2.14. The van der Waals surface area contributed by atoms with Gasteiger partial charge in [0.05, 0.1) is 21.6 Å². The van der Waals surface area contributed by atoms with Crippen LogP contribution in [-0.2, 0) is 6.42 Å². The summed E-state index contributed by atoms with van der Waals surface area (Å²) >= 11 is 4.75. The predicted molar refractivity (Wildman–Crippen MR) is 190 cm³/mol. The highest BCUT2D eigenvalue weighted by atomic mass is 32.1. The minimum atomic E-state index is -0.159. The second-order valence-corrected chi connectivity index (χ2v) is 14.3. The van der Waals surface area contributed by atoms with Gasteiger partial charge in [0.15, 0.2) is 0 Å². The van der Waals surface area contributed by atoms with Crippen molar-refractivity contribution in [3.8, 4) is 32.8 Å². The molecule has 1 N–H and O–H groups in total. The molecule has 0 amide bonds. The Morgan fingerprint density at radius 1 is 0.795 bits per heavy atom. The average Bonchev–Trinajstić information content (AvgIpc) is 3.77. The number of nitrogens with one attached hydrogen (secondary N) is 1. The van der Waals surface area contributed by atoms with Crippen molar-refractivity contribution < 1.29 is 4.39 Å². The first-order chi connectivity index (χ1) is 21.6. The number of anilines is 1. The third kappa shape index (κ3) is 6.72. The Bertz CT molecular complexity index is 1800. The fourth-order valence-electron chi connectivity index (χ4n) is 5.79. The molecule has 44 heavy (non-hydrogen) atoms. The summed E-state index contributed by atoms with van der Waals surface area (Å²) in [6, 6.07) is 18.3. The standard InChI is InChI=1S/C36H39FN4S3/c1-4-7-9-23(6-3)10-11-24-12-17-27(29(37)19-24)25-13-15-26(16-14-25)28-22-39-35(36-34(28)40-44-41-36)32-20-30-31(42-32)21-33(43-30)38-18-8-5-2/h12-17,19-23,38H,4-11,18H2,1-3H3. The Morgan fingerprint density at radius 3 is 2.27 bits per heavy atom. The first kappa shape index (κ1) is 30.8. The third-order valence-electron chi connectivity index (χ3n) is 8.49. The molecule has 228 valence electrons. The Morgan fingerprint density at radius 2 is 1.55 bits per heavy atom. The maximum absolute atomic E-state index is 15.3. The summed E-state index contributed by atoms with van der Waals surface area (Å²) in [5, 5.41) is 4.76. The van der Waals surface area contributed by atoms with Crippen molar-refractivity contribution >= 4 is 59.8 Å². The summed E-state index contributed by atoms with van der Waals surface area (Å²) in [5.74, 6) is 0.565. The highest BCUT2D eigenvalue weighted by molar-refractivity contribution is 7.31. The molecule has 6 rings (SSSR count). The van der Waals surface area contributed by atoms with E-state index in [-0.39, 0.29) is 5.82 Å². The van der Waals surface area contributed by atoms with Gasteiger partial charge in [-0.2, -0.15) is 8.75 Å². The molecule has 6 aromatic rings. The molecule has 0 saturated heterocycles. The summed E-state index contributed by atoms with van der Waals surface area (Å²) in [4.78, 5) is 5.99. The van der Waals surface area contributed by atoms with E-state index in [1.807, 2.05) is 36.5 Å². The van der Waals surface area contributed by atoms with Gasteiger partial charge in [0.25, 0.3) is 0 Å². The first-order valence-electron chi connectivity index (χ1n) is 15.9. The van der Waals surface area contributed by atoms with E-state index >= 15 is 4.39 Å². The predicted octanol–water partition coefficient (Wildman–Crippen LogP) is 11.9. The van der Waals surface area contributed by atoms with E-state index in [4.69, 9.17) is 4.98 Å².